The molecule has 1 nitrogen and oxygen atoms in total. The third-order valence-corrected chi connectivity index (χ3v) is 2.24. The Bertz CT molecular complexity index is 199. The molecule has 0 radical (unpaired) electrons. The third kappa shape index (κ3) is 2.49. The number of hydrogen-bond donors (Lipinski definition) is 0. The summed E-state index contributed by atoms with van der Waals surface area (Å²) < 4.78 is 0. The average molecular weight is 152 g/mol. The number of rotatable bonds is 1. The second-order valence-corrected chi connectivity index (χ2v) is 4.25. The number of carbonyl (C=O) groups excluding carboxylic acids is 1. The van der Waals surface area contributed by atoms with E-state index in [4.69, 9.17) is 0 Å². The minimum Gasteiger partial charge on any atom is -0.295 e. The van der Waals surface area contributed by atoms with Gasteiger partial charge in [-0.2, -0.15) is 0 Å². The Morgan fingerprint density at radius 3 is 2.55 bits per heavy atom. The van der Waals surface area contributed by atoms with Gasteiger partial charge in [0.15, 0.2) is 5.78 Å². The van der Waals surface area contributed by atoms with Crippen LogP contribution >= 0.6 is 0 Å². The molecule has 62 valence electrons. The molecule has 1 heteroatoms. The van der Waals surface area contributed by atoms with Crippen molar-refractivity contribution in [2.24, 2.45) is 5.41 Å². The van der Waals surface area contributed by atoms with E-state index in [-0.39, 0.29) is 5.78 Å². The molecule has 1 aliphatic rings. The summed E-state index contributed by atoms with van der Waals surface area (Å²) in [5.74, 6) is 0.192. The van der Waals surface area contributed by atoms with Gasteiger partial charge in [-0.1, -0.05) is 19.4 Å². The maximum absolute atomic E-state index is 10.7. The van der Waals surface area contributed by atoms with E-state index in [0.717, 1.165) is 12.8 Å². The van der Waals surface area contributed by atoms with Crippen LogP contribution in [0.15, 0.2) is 11.6 Å². The minimum absolute atomic E-state index is 0.192. The Kier molecular flexibility index (Phi) is 2.17. The summed E-state index contributed by atoms with van der Waals surface area (Å²) in [4.78, 5) is 10.7. The zero-order valence-electron chi connectivity index (χ0n) is 7.61. The zero-order chi connectivity index (χ0) is 8.48. The van der Waals surface area contributed by atoms with Gasteiger partial charge in [-0.05, 0) is 37.7 Å². The molecule has 0 N–H and O–H groups in total. The van der Waals surface area contributed by atoms with E-state index in [0.29, 0.717) is 5.41 Å². The molecule has 0 atom stereocenters. The van der Waals surface area contributed by atoms with Gasteiger partial charge in [0.1, 0.15) is 0 Å². The van der Waals surface area contributed by atoms with Crippen LogP contribution in [0.1, 0.15) is 40.0 Å². The van der Waals surface area contributed by atoms with Gasteiger partial charge >= 0.3 is 0 Å². The molecule has 0 unspecified atom stereocenters. The Balaban J connectivity index is 2.61. The molecule has 1 saturated carbocycles. The lowest BCUT2D eigenvalue weighted by Crippen LogP contribution is -2.02. The molecular weight excluding hydrogens is 136 g/mol. The first-order chi connectivity index (χ1) is 4.99. The molecule has 0 aliphatic heterocycles. The van der Waals surface area contributed by atoms with Gasteiger partial charge in [-0.3, -0.25) is 4.79 Å². The topological polar surface area (TPSA) is 17.1 Å². The monoisotopic (exact) mass is 152 g/mol. The maximum atomic E-state index is 10.7. The van der Waals surface area contributed by atoms with E-state index in [1.807, 2.05) is 0 Å². The second kappa shape index (κ2) is 2.80. The van der Waals surface area contributed by atoms with Crippen LogP contribution in [-0.2, 0) is 4.79 Å². The summed E-state index contributed by atoms with van der Waals surface area (Å²) >= 11 is 0. The van der Waals surface area contributed by atoms with Gasteiger partial charge in [-0.15, -0.1) is 0 Å². The first-order valence-corrected chi connectivity index (χ1v) is 4.20. The highest BCUT2D eigenvalue weighted by molar-refractivity contribution is 5.88. The number of allylic oxidation sites excluding steroid dienone is 2. The predicted octanol–water partition coefficient (Wildman–Crippen LogP) is 2.71. The Morgan fingerprint density at radius 1 is 1.55 bits per heavy atom. The molecule has 0 heterocycles. The van der Waals surface area contributed by atoms with Gasteiger partial charge in [0.2, 0.25) is 0 Å². The third-order valence-electron chi connectivity index (χ3n) is 2.24. The first-order valence-electron chi connectivity index (χ1n) is 4.20. The van der Waals surface area contributed by atoms with Crippen molar-refractivity contribution >= 4 is 5.78 Å². The summed E-state index contributed by atoms with van der Waals surface area (Å²) in [5.41, 5.74) is 1.77. The molecule has 0 aromatic carbocycles. The lowest BCUT2D eigenvalue weighted by molar-refractivity contribution is -0.112. The highest BCUT2D eigenvalue weighted by Gasteiger charge is 2.26. The maximum Gasteiger partial charge on any atom is 0.152 e. The van der Waals surface area contributed by atoms with Crippen LogP contribution in [0.4, 0.5) is 0 Å². The number of hydrogen-bond acceptors (Lipinski definition) is 1. The normalized spacial score (nSPS) is 25.9. The molecule has 1 fully saturated rings. The van der Waals surface area contributed by atoms with Gasteiger partial charge in [0, 0.05) is 0 Å². The largest absolute Gasteiger partial charge is 0.295 e. The summed E-state index contributed by atoms with van der Waals surface area (Å²) in [6, 6.07) is 0. The number of ketones is 1. The molecule has 1 rings (SSSR count). The van der Waals surface area contributed by atoms with E-state index in [1.165, 1.54) is 12.0 Å². The fourth-order valence-corrected chi connectivity index (χ4v) is 1.70. The van der Waals surface area contributed by atoms with Crippen molar-refractivity contribution in [3.05, 3.63) is 11.6 Å². The van der Waals surface area contributed by atoms with Crippen molar-refractivity contribution in [1.29, 1.82) is 0 Å². The van der Waals surface area contributed by atoms with Crippen LogP contribution in [0, 0.1) is 5.41 Å². The molecule has 0 aromatic heterocycles. The Morgan fingerprint density at radius 2 is 2.18 bits per heavy atom. The van der Waals surface area contributed by atoms with Crippen molar-refractivity contribution in [2.45, 2.75) is 40.0 Å². The quantitative estimate of drug-likeness (QED) is 0.528. The molecular formula is C10H16O. The van der Waals surface area contributed by atoms with Gasteiger partial charge in [0.05, 0.1) is 0 Å². The SMILES string of the molecule is CC(=O)/C=C1/CCC(C)(C)C1. The summed E-state index contributed by atoms with van der Waals surface area (Å²) in [7, 11) is 0. The lowest BCUT2D eigenvalue weighted by Gasteiger charge is -2.14. The van der Waals surface area contributed by atoms with Crippen molar-refractivity contribution in [3.8, 4) is 0 Å². The van der Waals surface area contributed by atoms with Crippen LogP contribution < -0.4 is 0 Å². The Hall–Kier alpha value is -0.590. The van der Waals surface area contributed by atoms with Crippen LogP contribution in [0.3, 0.4) is 0 Å². The molecule has 0 amide bonds. The standard InChI is InChI=1S/C10H16O/c1-8(11)6-9-4-5-10(2,3)7-9/h6H,4-5,7H2,1-3H3/b9-6-. The van der Waals surface area contributed by atoms with E-state index in [1.54, 1.807) is 13.0 Å². The van der Waals surface area contributed by atoms with Crippen molar-refractivity contribution in [3.63, 3.8) is 0 Å². The van der Waals surface area contributed by atoms with E-state index < -0.39 is 0 Å². The van der Waals surface area contributed by atoms with Crippen molar-refractivity contribution in [1.82, 2.24) is 0 Å². The van der Waals surface area contributed by atoms with Crippen LogP contribution in [0.2, 0.25) is 0 Å². The molecule has 0 saturated heterocycles. The van der Waals surface area contributed by atoms with Gasteiger partial charge in [0.25, 0.3) is 0 Å². The minimum atomic E-state index is 0.192. The fourth-order valence-electron chi connectivity index (χ4n) is 1.70. The van der Waals surface area contributed by atoms with Crippen molar-refractivity contribution < 1.29 is 4.79 Å². The van der Waals surface area contributed by atoms with Crippen LogP contribution in [0.5, 0.6) is 0 Å². The fraction of sp³-hybridized carbons (Fsp3) is 0.700. The van der Waals surface area contributed by atoms with E-state index >= 15 is 0 Å². The van der Waals surface area contributed by atoms with Crippen LogP contribution in [0.25, 0.3) is 0 Å². The smallest absolute Gasteiger partial charge is 0.152 e. The molecule has 0 aromatic rings. The van der Waals surface area contributed by atoms with E-state index in [9.17, 15) is 4.79 Å². The molecule has 1 aliphatic carbocycles. The molecule has 0 bridgehead atoms. The second-order valence-electron chi connectivity index (χ2n) is 4.25. The average Bonchev–Trinajstić information content (AvgIpc) is 2.08. The number of carbonyl (C=O) groups is 1. The lowest BCUT2D eigenvalue weighted by atomic mass is 9.91. The van der Waals surface area contributed by atoms with Gasteiger partial charge < -0.3 is 0 Å². The first kappa shape index (κ1) is 8.51. The van der Waals surface area contributed by atoms with Gasteiger partial charge in [-0.25, -0.2) is 0 Å². The van der Waals surface area contributed by atoms with Crippen molar-refractivity contribution in [2.75, 3.05) is 0 Å². The van der Waals surface area contributed by atoms with E-state index in [2.05, 4.69) is 13.8 Å². The predicted molar refractivity (Wildman–Crippen MR) is 46.4 cm³/mol. The highest BCUT2D eigenvalue weighted by Crippen LogP contribution is 2.40. The summed E-state index contributed by atoms with van der Waals surface area (Å²) in [6.45, 7) is 6.14. The summed E-state index contributed by atoms with van der Waals surface area (Å²) in [5, 5.41) is 0. The highest BCUT2D eigenvalue weighted by atomic mass is 16.1. The van der Waals surface area contributed by atoms with Crippen LogP contribution in [-0.4, -0.2) is 5.78 Å². The molecule has 11 heavy (non-hydrogen) atoms. The molecule has 0 spiro atoms. The zero-order valence-corrected chi connectivity index (χ0v) is 7.61. The summed E-state index contributed by atoms with van der Waals surface area (Å²) in [6.07, 6.45) is 5.25. The Labute approximate surface area is 68.5 Å².